The Hall–Kier alpha value is -1.91. The highest BCUT2D eigenvalue weighted by atomic mass is 19.1. The van der Waals surface area contributed by atoms with Gasteiger partial charge in [0.25, 0.3) is 5.91 Å². The Morgan fingerprint density at radius 2 is 2.33 bits per heavy atom. The number of primary amides is 1. The topological polar surface area (TPSA) is 70.1 Å². The summed E-state index contributed by atoms with van der Waals surface area (Å²) >= 11 is 0. The van der Waals surface area contributed by atoms with Crippen LogP contribution in [0.25, 0.3) is 5.57 Å². The first-order valence-electron chi connectivity index (χ1n) is 4.53. The zero-order chi connectivity index (χ0) is 11.0. The predicted molar refractivity (Wildman–Crippen MR) is 52.8 cm³/mol. The van der Waals surface area contributed by atoms with E-state index in [1.165, 1.54) is 0 Å². The van der Waals surface area contributed by atoms with Crippen molar-refractivity contribution in [1.82, 2.24) is 10.3 Å². The molecule has 1 aliphatic rings. The number of carbonyl (C=O) groups excluding carboxylic acids is 1. The third-order valence-electron chi connectivity index (χ3n) is 2.30. The summed E-state index contributed by atoms with van der Waals surface area (Å²) in [5.74, 6) is -1.12. The summed E-state index contributed by atoms with van der Waals surface area (Å²) in [6, 6.07) is 0. The molecule has 4 nitrogen and oxygen atoms in total. The van der Waals surface area contributed by atoms with E-state index in [2.05, 4.69) is 10.3 Å². The summed E-state index contributed by atoms with van der Waals surface area (Å²) in [5.41, 5.74) is 6.23. The second kappa shape index (κ2) is 3.34. The minimum Gasteiger partial charge on any atom is -0.365 e. The molecular formula is C10H9FN3O. The van der Waals surface area contributed by atoms with Crippen molar-refractivity contribution in [1.29, 1.82) is 0 Å². The van der Waals surface area contributed by atoms with Gasteiger partial charge in [0, 0.05) is 11.8 Å². The molecule has 0 unspecified atom stereocenters. The molecule has 1 radical (unpaired) electrons. The molecule has 1 amide bonds. The molecule has 0 bridgehead atoms. The van der Waals surface area contributed by atoms with Gasteiger partial charge in [0.05, 0.1) is 11.8 Å². The van der Waals surface area contributed by atoms with Crippen molar-refractivity contribution < 1.29 is 9.18 Å². The standard InChI is InChI=1S/C10H9FN3O/c1-2-5-3-13-10-7(5)8(9(12)15)6(11)4-14-10/h3-4H,2H2,1H3,(H2,12,15). The first kappa shape index (κ1) is 9.64. The molecule has 0 fully saturated rings. The van der Waals surface area contributed by atoms with Crippen LogP contribution in [0.15, 0.2) is 12.4 Å². The molecule has 2 heterocycles. The fourth-order valence-electron chi connectivity index (χ4n) is 1.59. The van der Waals surface area contributed by atoms with Gasteiger partial charge >= 0.3 is 0 Å². The van der Waals surface area contributed by atoms with Crippen LogP contribution in [-0.4, -0.2) is 10.9 Å². The van der Waals surface area contributed by atoms with Crippen molar-refractivity contribution in [2.24, 2.45) is 5.73 Å². The average Bonchev–Trinajstić information content (AvgIpc) is 2.59. The molecule has 2 N–H and O–H groups in total. The molecule has 0 spiro atoms. The number of carbonyl (C=O) groups is 1. The van der Waals surface area contributed by atoms with Gasteiger partial charge < -0.3 is 5.73 Å². The summed E-state index contributed by atoms with van der Waals surface area (Å²) in [7, 11) is 0. The van der Waals surface area contributed by atoms with Crippen LogP contribution in [0.4, 0.5) is 10.2 Å². The second-order valence-corrected chi connectivity index (χ2v) is 3.18. The largest absolute Gasteiger partial charge is 0.365 e. The molecule has 0 saturated carbocycles. The third-order valence-corrected chi connectivity index (χ3v) is 2.30. The predicted octanol–water partition coefficient (Wildman–Crippen LogP) is 1.32. The molecule has 1 aromatic rings. The Morgan fingerprint density at radius 3 is 2.93 bits per heavy atom. The van der Waals surface area contributed by atoms with Gasteiger partial charge in [0.15, 0.2) is 11.6 Å². The highest BCUT2D eigenvalue weighted by molar-refractivity contribution is 6.01. The number of hydrogen-bond acceptors (Lipinski definition) is 2. The van der Waals surface area contributed by atoms with E-state index in [-0.39, 0.29) is 5.56 Å². The number of amides is 1. The zero-order valence-corrected chi connectivity index (χ0v) is 8.12. The number of aromatic nitrogens is 1. The van der Waals surface area contributed by atoms with Crippen LogP contribution in [0.3, 0.4) is 0 Å². The van der Waals surface area contributed by atoms with Gasteiger partial charge in [-0.05, 0) is 12.0 Å². The SMILES string of the molecule is CCC1=C[N]c2ncc(F)c(C(N)=O)c21. The van der Waals surface area contributed by atoms with Crippen molar-refractivity contribution in [2.45, 2.75) is 13.3 Å². The van der Waals surface area contributed by atoms with E-state index in [1.807, 2.05) is 6.92 Å². The maximum absolute atomic E-state index is 13.4. The lowest BCUT2D eigenvalue weighted by Crippen LogP contribution is -2.16. The van der Waals surface area contributed by atoms with Crippen LogP contribution in [0.2, 0.25) is 0 Å². The summed E-state index contributed by atoms with van der Waals surface area (Å²) in [6.45, 7) is 1.89. The van der Waals surface area contributed by atoms with Crippen LogP contribution < -0.4 is 11.1 Å². The Balaban J connectivity index is 2.69. The Kier molecular flexibility index (Phi) is 2.15. The number of pyridine rings is 1. The fourth-order valence-corrected chi connectivity index (χ4v) is 1.59. The van der Waals surface area contributed by atoms with E-state index in [4.69, 9.17) is 5.73 Å². The van der Waals surface area contributed by atoms with Crippen molar-refractivity contribution in [3.05, 3.63) is 29.3 Å². The van der Waals surface area contributed by atoms with Crippen LogP contribution in [0.1, 0.15) is 29.3 Å². The lowest BCUT2D eigenvalue weighted by Gasteiger charge is -2.06. The Labute approximate surface area is 86.0 Å². The van der Waals surface area contributed by atoms with E-state index >= 15 is 0 Å². The highest BCUT2D eigenvalue weighted by Crippen LogP contribution is 2.34. The maximum Gasteiger partial charge on any atom is 0.252 e. The van der Waals surface area contributed by atoms with Crippen LogP contribution in [0.5, 0.6) is 0 Å². The molecule has 0 aliphatic carbocycles. The van der Waals surface area contributed by atoms with E-state index < -0.39 is 11.7 Å². The molecule has 5 heteroatoms. The number of fused-ring (bicyclic) bond motifs is 1. The quantitative estimate of drug-likeness (QED) is 0.792. The van der Waals surface area contributed by atoms with Crippen LogP contribution in [-0.2, 0) is 0 Å². The van der Waals surface area contributed by atoms with Crippen molar-refractivity contribution >= 4 is 17.3 Å². The molecule has 1 aromatic heterocycles. The minimum absolute atomic E-state index is 0.116. The molecular weight excluding hydrogens is 197 g/mol. The van der Waals surface area contributed by atoms with Crippen LogP contribution in [0, 0.1) is 5.82 Å². The van der Waals surface area contributed by atoms with E-state index in [0.717, 1.165) is 11.8 Å². The maximum atomic E-state index is 13.4. The monoisotopic (exact) mass is 206 g/mol. The second-order valence-electron chi connectivity index (χ2n) is 3.18. The summed E-state index contributed by atoms with van der Waals surface area (Å²) in [4.78, 5) is 14.9. The third kappa shape index (κ3) is 1.36. The Bertz CT molecular complexity index is 468. The normalized spacial score (nSPS) is 13.1. The van der Waals surface area contributed by atoms with Gasteiger partial charge in [-0.15, -0.1) is 0 Å². The van der Waals surface area contributed by atoms with Gasteiger partial charge in [-0.3, -0.25) is 4.79 Å². The van der Waals surface area contributed by atoms with Crippen molar-refractivity contribution in [3.63, 3.8) is 0 Å². The smallest absolute Gasteiger partial charge is 0.252 e. The average molecular weight is 206 g/mol. The van der Waals surface area contributed by atoms with Gasteiger partial charge in [0.2, 0.25) is 0 Å². The van der Waals surface area contributed by atoms with Crippen LogP contribution >= 0.6 is 0 Å². The number of nitrogens with zero attached hydrogens (tertiary/aromatic N) is 2. The van der Waals surface area contributed by atoms with Crippen molar-refractivity contribution in [2.75, 3.05) is 0 Å². The van der Waals surface area contributed by atoms with Gasteiger partial charge in [0.1, 0.15) is 0 Å². The molecule has 0 aromatic carbocycles. The summed E-state index contributed by atoms with van der Waals surface area (Å²) in [6.07, 6.45) is 3.21. The molecule has 2 rings (SSSR count). The zero-order valence-electron chi connectivity index (χ0n) is 8.12. The fraction of sp³-hybridized carbons (Fsp3) is 0.200. The molecule has 0 saturated heterocycles. The highest BCUT2D eigenvalue weighted by Gasteiger charge is 2.25. The Morgan fingerprint density at radius 1 is 1.60 bits per heavy atom. The first-order valence-corrected chi connectivity index (χ1v) is 4.53. The summed E-state index contributed by atoms with van der Waals surface area (Å²) in [5, 5.41) is 3.99. The molecule has 1 aliphatic heterocycles. The molecule has 77 valence electrons. The lowest BCUT2D eigenvalue weighted by atomic mass is 10.0. The van der Waals surface area contributed by atoms with Gasteiger partial charge in [-0.2, -0.15) is 0 Å². The summed E-state index contributed by atoms with van der Waals surface area (Å²) < 4.78 is 13.4. The number of rotatable bonds is 2. The van der Waals surface area contributed by atoms with E-state index in [0.29, 0.717) is 17.8 Å². The molecule has 0 atom stereocenters. The number of halogens is 1. The van der Waals surface area contributed by atoms with Crippen molar-refractivity contribution in [3.8, 4) is 0 Å². The molecule has 15 heavy (non-hydrogen) atoms. The number of allylic oxidation sites excluding steroid dienone is 1. The number of nitrogens with two attached hydrogens (primary N) is 1. The van der Waals surface area contributed by atoms with Gasteiger partial charge in [-0.1, -0.05) is 6.92 Å². The lowest BCUT2D eigenvalue weighted by molar-refractivity contribution is 0.0996. The first-order chi connectivity index (χ1) is 7.15. The van der Waals surface area contributed by atoms with E-state index in [1.54, 1.807) is 6.20 Å². The number of hydrogen-bond donors (Lipinski definition) is 1. The van der Waals surface area contributed by atoms with Gasteiger partial charge in [-0.25, -0.2) is 14.7 Å². The van der Waals surface area contributed by atoms with E-state index in [9.17, 15) is 9.18 Å². The minimum atomic E-state index is -0.789.